The van der Waals surface area contributed by atoms with Gasteiger partial charge in [0.15, 0.2) is 0 Å². The van der Waals surface area contributed by atoms with E-state index in [4.69, 9.17) is 0 Å². The molecule has 1 aromatic carbocycles. The van der Waals surface area contributed by atoms with Crippen LogP contribution in [0.25, 0.3) is 0 Å². The van der Waals surface area contributed by atoms with Crippen LogP contribution in [0.3, 0.4) is 0 Å². The maximum atomic E-state index is 3.50. The monoisotopic (exact) mass is 298 g/mol. The maximum Gasteiger partial charge on any atom is 0.0373 e. The minimum atomic E-state index is 0.189. The van der Waals surface area contributed by atoms with Crippen molar-refractivity contribution in [2.75, 3.05) is 18.4 Å². The Hall–Kier alpha value is -0.540. The van der Waals surface area contributed by atoms with Crippen LogP contribution in [0.1, 0.15) is 33.3 Å². The Labute approximate surface area is 113 Å². The maximum absolute atomic E-state index is 3.50. The van der Waals surface area contributed by atoms with Gasteiger partial charge in [-0.2, -0.15) is 0 Å². The van der Waals surface area contributed by atoms with Gasteiger partial charge in [0.2, 0.25) is 0 Å². The van der Waals surface area contributed by atoms with E-state index in [-0.39, 0.29) is 5.54 Å². The molecule has 2 N–H and O–H groups in total. The third kappa shape index (κ3) is 5.55. The van der Waals surface area contributed by atoms with Crippen molar-refractivity contribution < 1.29 is 0 Å². The smallest absolute Gasteiger partial charge is 0.0373 e. The summed E-state index contributed by atoms with van der Waals surface area (Å²) in [6.45, 7) is 10.7. The highest BCUT2D eigenvalue weighted by atomic mass is 79.9. The van der Waals surface area contributed by atoms with Gasteiger partial charge in [-0.15, -0.1) is 0 Å². The van der Waals surface area contributed by atoms with Crippen LogP contribution in [-0.2, 0) is 6.42 Å². The number of hydrogen-bond acceptors (Lipinski definition) is 2. The molecule has 0 heterocycles. The lowest BCUT2D eigenvalue weighted by Crippen LogP contribution is -2.38. The number of benzene rings is 1. The second kappa shape index (κ2) is 6.41. The van der Waals surface area contributed by atoms with Crippen molar-refractivity contribution in [2.24, 2.45) is 0 Å². The largest absolute Gasteiger partial charge is 0.384 e. The van der Waals surface area contributed by atoms with Gasteiger partial charge >= 0.3 is 0 Å². The predicted octanol–water partition coefficient (Wildman–Crippen LogP) is 3.81. The molecule has 0 amide bonds. The van der Waals surface area contributed by atoms with E-state index in [1.54, 1.807) is 0 Å². The third-order valence-corrected chi connectivity index (χ3v) is 3.04. The predicted molar refractivity (Wildman–Crippen MR) is 79.8 cm³/mol. The average molecular weight is 299 g/mol. The molecule has 17 heavy (non-hydrogen) atoms. The fourth-order valence-electron chi connectivity index (χ4n) is 1.66. The number of hydrogen-bond donors (Lipinski definition) is 2. The SMILES string of the molecule is CCc1cc(Br)ccc1NCCNC(C)(C)C. The van der Waals surface area contributed by atoms with Crippen LogP contribution >= 0.6 is 15.9 Å². The molecular formula is C14H23BrN2. The zero-order valence-corrected chi connectivity index (χ0v) is 12.8. The van der Waals surface area contributed by atoms with Gasteiger partial charge in [-0.05, 0) is 51.0 Å². The van der Waals surface area contributed by atoms with E-state index in [1.165, 1.54) is 11.3 Å². The molecule has 3 heteroatoms. The number of anilines is 1. The van der Waals surface area contributed by atoms with Crippen molar-refractivity contribution in [3.05, 3.63) is 28.2 Å². The van der Waals surface area contributed by atoms with E-state index >= 15 is 0 Å². The zero-order valence-electron chi connectivity index (χ0n) is 11.2. The normalized spacial score (nSPS) is 11.6. The first-order valence-corrected chi connectivity index (χ1v) is 6.99. The molecule has 0 saturated carbocycles. The van der Waals surface area contributed by atoms with Gasteiger partial charge < -0.3 is 10.6 Å². The fraction of sp³-hybridized carbons (Fsp3) is 0.571. The molecule has 1 rings (SSSR count). The quantitative estimate of drug-likeness (QED) is 0.808. The highest BCUT2D eigenvalue weighted by Crippen LogP contribution is 2.21. The fourth-order valence-corrected chi connectivity index (χ4v) is 2.07. The Kier molecular flexibility index (Phi) is 5.47. The first kappa shape index (κ1) is 14.5. The molecule has 0 radical (unpaired) electrons. The summed E-state index contributed by atoms with van der Waals surface area (Å²) in [6, 6.07) is 6.40. The van der Waals surface area contributed by atoms with Gasteiger partial charge in [-0.3, -0.25) is 0 Å². The highest BCUT2D eigenvalue weighted by molar-refractivity contribution is 9.10. The summed E-state index contributed by atoms with van der Waals surface area (Å²) in [5.74, 6) is 0. The summed E-state index contributed by atoms with van der Waals surface area (Å²) < 4.78 is 1.15. The molecule has 96 valence electrons. The van der Waals surface area contributed by atoms with Crippen molar-refractivity contribution in [2.45, 2.75) is 39.7 Å². The Morgan fingerprint density at radius 1 is 1.18 bits per heavy atom. The van der Waals surface area contributed by atoms with Crippen molar-refractivity contribution >= 4 is 21.6 Å². The minimum Gasteiger partial charge on any atom is -0.384 e. The van der Waals surface area contributed by atoms with E-state index in [1.807, 2.05) is 0 Å². The Morgan fingerprint density at radius 2 is 1.88 bits per heavy atom. The van der Waals surface area contributed by atoms with Crippen molar-refractivity contribution in [3.63, 3.8) is 0 Å². The highest BCUT2D eigenvalue weighted by Gasteiger charge is 2.07. The topological polar surface area (TPSA) is 24.1 Å². The number of halogens is 1. The summed E-state index contributed by atoms with van der Waals surface area (Å²) in [5, 5.41) is 6.95. The number of aryl methyl sites for hydroxylation is 1. The first-order chi connectivity index (χ1) is 7.92. The second-order valence-corrected chi connectivity index (χ2v) is 6.17. The summed E-state index contributed by atoms with van der Waals surface area (Å²) >= 11 is 3.50. The molecule has 0 aliphatic rings. The van der Waals surface area contributed by atoms with Crippen LogP contribution in [0.2, 0.25) is 0 Å². The molecule has 0 atom stereocenters. The standard InChI is InChI=1S/C14H23BrN2/c1-5-11-10-12(15)6-7-13(11)16-8-9-17-14(2,3)4/h6-7,10,16-17H,5,8-9H2,1-4H3. The van der Waals surface area contributed by atoms with Gasteiger partial charge in [0.05, 0.1) is 0 Å². The Bertz CT molecular complexity index is 356. The van der Waals surface area contributed by atoms with E-state index in [2.05, 4.69) is 72.5 Å². The lowest BCUT2D eigenvalue weighted by atomic mass is 10.1. The third-order valence-electron chi connectivity index (χ3n) is 2.54. The van der Waals surface area contributed by atoms with Crippen molar-refractivity contribution in [1.82, 2.24) is 5.32 Å². The summed E-state index contributed by atoms with van der Waals surface area (Å²) in [4.78, 5) is 0. The molecule has 0 aliphatic carbocycles. The first-order valence-electron chi connectivity index (χ1n) is 6.19. The Balaban J connectivity index is 2.46. The van der Waals surface area contributed by atoms with Gasteiger partial charge in [0.25, 0.3) is 0 Å². The molecule has 0 saturated heterocycles. The lowest BCUT2D eigenvalue weighted by molar-refractivity contribution is 0.435. The minimum absolute atomic E-state index is 0.189. The Morgan fingerprint density at radius 3 is 2.47 bits per heavy atom. The van der Waals surface area contributed by atoms with Crippen LogP contribution in [0.5, 0.6) is 0 Å². The molecule has 0 fully saturated rings. The van der Waals surface area contributed by atoms with Crippen LogP contribution in [-0.4, -0.2) is 18.6 Å². The van der Waals surface area contributed by atoms with E-state index in [0.29, 0.717) is 0 Å². The van der Waals surface area contributed by atoms with Crippen LogP contribution in [0, 0.1) is 0 Å². The zero-order chi connectivity index (χ0) is 12.9. The van der Waals surface area contributed by atoms with Gasteiger partial charge in [-0.1, -0.05) is 22.9 Å². The van der Waals surface area contributed by atoms with E-state index in [0.717, 1.165) is 24.0 Å². The van der Waals surface area contributed by atoms with Gasteiger partial charge in [0.1, 0.15) is 0 Å². The average Bonchev–Trinajstić information content (AvgIpc) is 2.24. The molecule has 0 unspecified atom stereocenters. The summed E-state index contributed by atoms with van der Waals surface area (Å²) in [5.41, 5.74) is 2.79. The molecule has 0 aromatic heterocycles. The molecule has 0 spiro atoms. The van der Waals surface area contributed by atoms with Crippen molar-refractivity contribution in [3.8, 4) is 0 Å². The van der Waals surface area contributed by atoms with E-state index in [9.17, 15) is 0 Å². The van der Waals surface area contributed by atoms with Crippen molar-refractivity contribution in [1.29, 1.82) is 0 Å². The molecule has 2 nitrogen and oxygen atoms in total. The van der Waals surface area contributed by atoms with E-state index < -0.39 is 0 Å². The van der Waals surface area contributed by atoms with Crippen LogP contribution in [0.15, 0.2) is 22.7 Å². The molecule has 0 bridgehead atoms. The number of nitrogens with one attached hydrogen (secondary N) is 2. The molecular weight excluding hydrogens is 276 g/mol. The van der Waals surface area contributed by atoms with Gasteiger partial charge in [0, 0.05) is 28.8 Å². The second-order valence-electron chi connectivity index (χ2n) is 5.26. The summed E-state index contributed by atoms with van der Waals surface area (Å²) in [7, 11) is 0. The lowest BCUT2D eigenvalue weighted by Gasteiger charge is -2.21. The molecule has 0 aliphatic heterocycles. The van der Waals surface area contributed by atoms with Crippen LogP contribution < -0.4 is 10.6 Å². The molecule has 1 aromatic rings. The summed E-state index contributed by atoms with van der Waals surface area (Å²) in [6.07, 6.45) is 1.05. The van der Waals surface area contributed by atoms with Gasteiger partial charge in [-0.25, -0.2) is 0 Å². The number of rotatable bonds is 5. The van der Waals surface area contributed by atoms with Crippen LogP contribution in [0.4, 0.5) is 5.69 Å².